The van der Waals surface area contributed by atoms with Crippen molar-refractivity contribution >= 4 is 16.7 Å². The summed E-state index contributed by atoms with van der Waals surface area (Å²) in [5.74, 6) is 2.48. The van der Waals surface area contributed by atoms with E-state index in [1.807, 2.05) is 32.0 Å². The van der Waals surface area contributed by atoms with Gasteiger partial charge in [-0.3, -0.25) is 4.99 Å². The topological polar surface area (TPSA) is 53.2 Å². The summed E-state index contributed by atoms with van der Waals surface area (Å²) >= 11 is 0. The molecule has 1 aromatic heterocycles. The highest BCUT2D eigenvalue weighted by molar-refractivity contribution is 6.21. The molecule has 2 atom stereocenters. The number of benzene rings is 2. The van der Waals surface area contributed by atoms with E-state index in [4.69, 9.17) is 23.6 Å². The smallest absolute Gasteiger partial charge is 0.387 e. The predicted molar refractivity (Wildman–Crippen MR) is 127 cm³/mol. The second-order valence-electron chi connectivity index (χ2n) is 9.27. The number of alkyl halides is 2. The quantitative estimate of drug-likeness (QED) is 0.388. The zero-order chi connectivity index (χ0) is 24.0. The van der Waals surface area contributed by atoms with E-state index < -0.39 is 6.61 Å². The molecule has 5 rings (SSSR count). The molecule has 1 aliphatic carbocycles. The van der Waals surface area contributed by atoms with E-state index in [1.165, 1.54) is 12.0 Å². The molecule has 34 heavy (non-hydrogen) atoms. The number of halogens is 2. The van der Waals surface area contributed by atoms with Crippen molar-refractivity contribution in [2.45, 2.75) is 64.0 Å². The molecular formula is C27H29F2NO4. The molecule has 7 heteroatoms. The zero-order valence-corrected chi connectivity index (χ0v) is 19.9. The van der Waals surface area contributed by atoms with Gasteiger partial charge in [-0.2, -0.15) is 8.78 Å². The molecule has 0 spiro atoms. The van der Waals surface area contributed by atoms with Crippen molar-refractivity contribution in [3.63, 3.8) is 0 Å². The molecule has 5 nitrogen and oxygen atoms in total. The average molecular weight is 470 g/mol. The molecule has 180 valence electrons. The van der Waals surface area contributed by atoms with E-state index in [0.29, 0.717) is 28.8 Å². The third-order valence-electron chi connectivity index (χ3n) is 6.94. The summed E-state index contributed by atoms with van der Waals surface area (Å²) in [5, 5.41) is 0.718. The fourth-order valence-corrected chi connectivity index (χ4v) is 5.28. The fraction of sp³-hybridized carbons (Fsp3) is 0.444. The lowest BCUT2D eigenvalue weighted by Gasteiger charge is -2.36. The van der Waals surface area contributed by atoms with Gasteiger partial charge in [-0.1, -0.05) is 26.7 Å². The van der Waals surface area contributed by atoms with Crippen molar-refractivity contribution in [3.8, 4) is 17.2 Å². The normalized spacial score (nSPS) is 19.7. The van der Waals surface area contributed by atoms with E-state index >= 15 is 0 Å². The van der Waals surface area contributed by atoms with Crippen LogP contribution in [0.1, 0.15) is 73.8 Å². The van der Waals surface area contributed by atoms with Crippen molar-refractivity contribution < 1.29 is 27.4 Å². The summed E-state index contributed by atoms with van der Waals surface area (Å²) in [7, 11) is 3.26. The molecule has 1 saturated carbocycles. The largest absolute Gasteiger partial charge is 0.493 e. The van der Waals surface area contributed by atoms with Crippen LogP contribution in [0.15, 0.2) is 39.7 Å². The zero-order valence-electron chi connectivity index (χ0n) is 19.9. The van der Waals surface area contributed by atoms with Crippen LogP contribution >= 0.6 is 0 Å². The average Bonchev–Trinajstić information content (AvgIpc) is 3.29. The van der Waals surface area contributed by atoms with Crippen LogP contribution < -0.4 is 14.2 Å². The first kappa shape index (κ1) is 22.7. The van der Waals surface area contributed by atoms with Gasteiger partial charge in [-0.15, -0.1) is 0 Å². The number of furan rings is 1. The van der Waals surface area contributed by atoms with Crippen molar-refractivity contribution in [2.75, 3.05) is 14.2 Å². The molecule has 2 aliphatic rings. The molecule has 0 unspecified atom stereocenters. The Balaban J connectivity index is 1.75. The molecule has 0 amide bonds. The molecule has 1 fully saturated rings. The Bertz CT molecular complexity index is 1250. The molecule has 1 aliphatic heterocycles. The van der Waals surface area contributed by atoms with Crippen LogP contribution in [-0.4, -0.2) is 32.6 Å². The van der Waals surface area contributed by atoms with Gasteiger partial charge in [0.1, 0.15) is 5.76 Å². The lowest BCUT2D eigenvalue weighted by Crippen LogP contribution is -2.29. The van der Waals surface area contributed by atoms with Crippen molar-refractivity contribution in [3.05, 3.63) is 52.8 Å². The summed E-state index contributed by atoms with van der Waals surface area (Å²) in [6.07, 6.45) is 4.40. The number of ether oxygens (including phenoxy) is 3. The Hall–Kier alpha value is -3.09. The van der Waals surface area contributed by atoms with Crippen molar-refractivity contribution in [1.82, 2.24) is 0 Å². The third kappa shape index (κ3) is 3.81. The van der Waals surface area contributed by atoms with Crippen molar-refractivity contribution in [2.24, 2.45) is 4.99 Å². The van der Waals surface area contributed by atoms with Gasteiger partial charge in [0.05, 0.1) is 26.0 Å². The SMILES string of the molecule is COc1cc2c(cc1OC)[C@H]1CCCC[C@H]1N=C2c1ccc(OC(F)F)c2oc(C(C)C)cc12. The minimum absolute atomic E-state index is 0.0279. The Morgan fingerprint density at radius 1 is 0.941 bits per heavy atom. The molecule has 0 radical (unpaired) electrons. The second-order valence-corrected chi connectivity index (χ2v) is 9.27. The number of aliphatic imine (C=N–C) groups is 1. The standard InChI is InChI=1S/C27H29F2NO4/c1-14(2)22-13-19-16(9-10-21(26(19)33-22)34-27(28)29)25-18-12-24(32-4)23(31-3)11-17(18)15-7-5-6-8-20(15)30-25/h9-15,20,27H,5-8H2,1-4H3/t15-,20-/m1/s1. The monoisotopic (exact) mass is 469 g/mol. The van der Waals surface area contributed by atoms with Gasteiger partial charge in [-0.05, 0) is 48.7 Å². The number of hydrogen-bond donors (Lipinski definition) is 0. The van der Waals surface area contributed by atoms with Crippen LogP contribution in [0.4, 0.5) is 8.78 Å². The van der Waals surface area contributed by atoms with Crippen LogP contribution in [-0.2, 0) is 0 Å². The first-order valence-electron chi connectivity index (χ1n) is 11.8. The molecule has 0 N–H and O–H groups in total. The summed E-state index contributed by atoms with van der Waals surface area (Å²) in [6.45, 7) is 1.07. The van der Waals surface area contributed by atoms with Gasteiger partial charge in [0.2, 0.25) is 0 Å². The maximum absolute atomic E-state index is 13.1. The van der Waals surface area contributed by atoms with Crippen molar-refractivity contribution in [1.29, 1.82) is 0 Å². The van der Waals surface area contributed by atoms with Crippen LogP contribution in [0.3, 0.4) is 0 Å². The minimum Gasteiger partial charge on any atom is -0.493 e. The molecular weight excluding hydrogens is 440 g/mol. The van der Waals surface area contributed by atoms with E-state index in [1.54, 1.807) is 20.3 Å². The Labute approximate surface area is 197 Å². The maximum Gasteiger partial charge on any atom is 0.387 e. The van der Waals surface area contributed by atoms with Gasteiger partial charge < -0.3 is 18.6 Å². The third-order valence-corrected chi connectivity index (χ3v) is 6.94. The Kier molecular flexibility index (Phi) is 5.96. The van der Waals surface area contributed by atoms with E-state index in [2.05, 4.69) is 6.07 Å². The molecule has 2 aromatic carbocycles. The first-order chi connectivity index (χ1) is 16.4. The number of nitrogens with zero attached hydrogens (tertiary/aromatic N) is 1. The number of methoxy groups -OCH3 is 2. The molecule has 0 saturated heterocycles. The summed E-state index contributed by atoms with van der Waals surface area (Å²) < 4.78 is 48.2. The first-order valence-corrected chi connectivity index (χ1v) is 11.8. The Morgan fingerprint density at radius 2 is 1.68 bits per heavy atom. The van der Waals surface area contributed by atoms with Crippen LogP contribution in [0.25, 0.3) is 11.0 Å². The van der Waals surface area contributed by atoms with Gasteiger partial charge >= 0.3 is 6.61 Å². The second kappa shape index (κ2) is 8.93. The highest BCUT2D eigenvalue weighted by Gasteiger charge is 2.35. The van der Waals surface area contributed by atoms with Gasteiger partial charge in [0, 0.05) is 28.3 Å². The van der Waals surface area contributed by atoms with Crippen LogP contribution in [0.2, 0.25) is 0 Å². The highest BCUT2D eigenvalue weighted by Crippen LogP contribution is 2.46. The molecule has 0 bridgehead atoms. The summed E-state index contributed by atoms with van der Waals surface area (Å²) in [6, 6.07) is 9.50. The lowest BCUT2D eigenvalue weighted by atomic mass is 9.74. The van der Waals surface area contributed by atoms with E-state index in [0.717, 1.165) is 41.5 Å². The molecule has 2 heterocycles. The van der Waals surface area contributed by atoms with Gasteiger partial charge in [0.25, 0.3) is 0 Å². The number of rotatable bonds is 6. The number of fused-ring (bicyclic) bond motifs is 4. The van der Waals surface area contributed by atoms with Gasteiger partial charge in [0.15, 0.2) is 22.8 Å². The minimum atomic E-state index is -2.94. The number of hydrogen-bond acceptors (Lipinski definition) is 5. The predicted octanol–water partition coefficient (Wildman–Crippen LogP) is 7.05. The van der Waals surface area contributed by atoms with Crippen LogP contribution in [0, 0.1) is 0 Å². The summed E-state index contributed by atoms with van der Waals surface area (Å²) in [4.78, 5) is 5.23. The Morgan fingerprint density at radius 3 is 2.38 bits per heavy atom. The maximum atomic E-state index is 13.1. The van der Waals surface area contributed by atoms with Gasteiger partial charge in [-0.25, -0.2) is 0 Å². The highest BCUT2D eigenvalue weighted by atomic mass is 19.3. The lowest BCUT2D eigenvalue weighted by molar-refractivity contribution is -0.0494. The van der Waals surface area contributed by atoms with E-state index in [9.17, 15) is 8.78 Å². The fourth-order valence-electron chi connectivity index (χ4n) is 5.28. The summed E-state index contributed by atoms with van der Waals surface area (Å²) in [5.41, 5.74) is 4.16. The van der Waals surface area contributed by atoms with Crippen LogP contribution in [0.5, 0.6) is 17.2 Å². The van der Waals surface area contributed by atoms with E-state index in [-0.39, 0.29) is 17.7 Å². The molecule has 3 aromatic rings.